The number of hydrogen-bond acceptors (Lipinski definition) is 1. The molecule has 98 valence electrons. The predicted molar refractivity (Wildman–Crippen MR) is 68.6 cm³/mol. The van der Waals surface area contributed by atoms with Crippen LogP contribution in [0.25, 0.3) is 0 Å². The van der Waals surface area contributed by atoms with Gasteiger partial charge in [0.2, 0.25) is 0 Å². The summed E-state index contributed by atoms with van der Waals surface area (Å²) in [7, 11) is 0. The predicted octanol–water partition coefficient (Wildman–Crippen LogP) is 4.55. The Balaban J connectivity index is 0. The monoisotopic (exact) mass is 368 g/mol. The SMILES string of the molecule is CCCCCCCCCCCC=CC(=O)O.[Nd]. The molecule has 1 N–H and O–H groups in total. The normalized spacial score (nSPS) is 10.4. The van der Waals surface area contributed by atoms with E-state index in [9.17, 15) is 4.79 Å². The van der Waals surface area contributed by atoms with E-state index in [-0.39, 0.29) is 40.8 Å². The summed E-state index contributed by atoms with van der Waals surface area (Å²) < 4.78 is 0. The van der Waals surface area contributed by atoms with Crippen LogP contribution in [0.1, 0.15) is 71.1 Å². The summed E-state index contributed by atoms with van der Waals surface area (Å²) in [5.74, 6) is -0.837. The first kappa shape index (κ1) is 19.9. The largest absolute Gasteiger partial charge is 0.478 e. The van der Waals surface area contributed by atoms with Crippen molar-refractivity contribution in [2.75, 3.05) is 0 Å². The molecule has 0 aromatic carbocycles. The van der Waals surface area contributed by atoms with E-state index in [1.807, 2.05) is 0 Å². The van der Waals surface area contributed by atoms with Crippen molar-refractivity contribution < 1.29 is 50.7 Å². The Hall–Kier alpha value is 0.561. The van der Waals surface area contributed by atoms with Gasteiger partial charge in [-0.1, -0.05) is 64.4 Å². The van der Waals surface area contributed by atoms with Gasteiger partial charge in [-0.2, -0.15) is 0 Å². The second-order valence-electron chi connectivity index (χ2n) is 4.36. The van der Waals surface area contributed by atoms with Crippen LogP contribution < -0.4 is 0 Å². The van der Waals surface area contributed by atoms with Crippen LogP contribution >= 0.6 is 0 Å². The molecule has 0 unspecified atom stereocenters. The minimum absolute atomic E-state index is 0. The van der Waals surface area contributed by atoms with Gasteiger partial charge in [-0.3, -0.25) is 0 Å². The summed E-state index contributed by atoms with van der Waals surface area (Å²) in [6, 6.07) is 0. The molecule has 3 heteroatoms. The molecule has 0 spiro atoms. The van der Waals surface area contributed by atoms with Crippen LogP contribution in [-0.2, 0) is 4.79 Å². The first-order chi connectivity index (χ1) is 7.77. The molecule has 0 fully saturated rings. The first-order valence-electron chi connectivity index (χ1n) is 6.67. The molecule has 0 heterocycles. The Morgan fingerprint density at radius 3 is 1.88 bits per heavy atom. The Morgan fingerprint density at radius 2 is 1.41 bits per heavy atom. The van der Waals surface area contributed by atoms with Gasteiger partial charge in [0.25, 0.3) is 0 Å². The van der Waals surface area contributed by atoms with Crippen molar-refractivity contribution in [3.8, 4) is 0 Å². The topological polar surface area (TPSA) is 37.3 Å². The third-order valence-corrected chi connectivity index (χ3v) is 2.73. The Morgan fingerprint density at radius 1 is 0.941 bits per heavy atom. The van der Waals surface area contributed by atoms with Crippen molar-refractivity contribution in [2.45, 2.75) is 71.1 Å². The number of aliphatic carboxylic acids is 1. The van der Waals surface area contributed by atoms with Crippen molar-refractivity contribution in [3.05, 3.63) is 12.2 Å². The zero-order valence-electron chi connectivity index (χ0n) is 11.1. The molecule has 0 aromatic rings. The van der Waals surface area contributed by atoms with Gasteiger partial charge in [0.1, 0.15) is 0 Å². The van der Waals surface area contributed by atoms with Crippen molar-refractivity contribution in [2.24, 2.45) is 0 Å². The van der Waals surface area contributed by atoms with E-state index in [0.29, 0.717) is 0 Å². The Bertz CT molecular complexity index is 191. The molecule has 0 aliphatic heterocycles. The zero-order valence-corrected chi connectivity index (χ0v) is 14.3. The molecule has 0 aliphatic rings. The summed E-state index contributed by atoms with van der Waals surface area (Å²) in [6.07, 6.45) is 15.7. The maximum absolute atomic E-state index is 10.2. The number of allylic oxidation sites excluding steroid dienone is 1. The van der Waals surface area contributed by atoms with E-state index in [4.69, 9.17) is 5.11 Å². The van der Waals surface area contributed by atoms with Crippen LogP contribution in [0.5, 0.6) is 0 Å². The van der Waals surface area contributed by atoms with E-state index in [1.54, 1.807) is 6.08 Å². The number of carboxylic acid groups (broad SMARTS) is 1. The summed E-state index contributed by atoms with van der Waals surface area (Å²) in [5, 5.41) is 8.37. The van der Waals surface area contributed by atoms with Crippen LogP contribution in [0, 0.1) is 40.8 Å². The number of hydrogen-bond donors (Lipinski definition) is 1. The molecule has 0 atom stereocenters. The van der Waals surface area contributed by atoms with Gasteiger partial charge in [-0.25, -0.2) is 4.79 Å². The molecule has 0 rings (SSSR count). The average Bonchev–Trinajstić information content (AvgIpc) is 2.25. The molecular weight excluding hydrogens is 344 g/mol. The smallest absolute Gasteiger partial charge is 0.327 e. The van der Waals surface area contributed by atoms with Gasteiger partial charge in [0.05, 0.1) is 0 Å². The van der Waals surface area contributed by atoms with Crippen LogP contribution in [0.15, 0.2) is 12.2 Å². The van der Waals surface area contributed by atoms with Crippen molar-refractivity contribution in [1.29, 1.82) is 0 Å². The summed E-state index contributed by atoms with van der Waals surface area (Å²) in [5.41, 5.74) is 0. The van der Waals surface area contributed by atoms with E-state index < -0.39 is 5.97 Å². The van der Waals surface area contributed by atoms with Crippen molar-refractivity contribution in [3.63, 3.8) is 0 Å². The van der Waals surface area contributed by atoms with Crippen LogP contribution in [-0.4, -0.2) is 11.1 Å². The molecule has 2 nitrogen and oxygen atoms in total. The van der Waals surface area contributed by atoms with Gasteiger partial charge >= 0.3 is 5.97 Å². The average molecular weight is 371 g/mol. The van der Waals surface area contributed by atoms with Crippen LogP contribution in [0.3, 0.4) is 0 Å². The molecule has 0 aromatic heterocycles. The molecule has 0 saturated heterocycles. The first-order valence-corrected chi connectivity index (χ1v) is 6.67. The van der Waals surface area contributed by atoms with Crippen LogP contribution in [0.4, 0.5) is 0 Å². The van der Waals surface area contributed by atoms with Gasteiger partial charge < -0.3 is 5.11 Å². The Labute approximate surface area is 139 Å². The second kappa shape index (κ2) is 16.6. The fourth-order valence-electron chi connectivity index (χ4n) is 1.76. The van der Waals surface area contributed by atoms with Gasteiger partial charge in [0, 0.05) is 46.9 Å². The minimum Gasteiger partial charge on any atom is -0.478 e. The van der Waals surface area contributed by atoms with Crippen molar-refractivity contribution in [1.82, 2.24) is 0 Å². The molecular formula is C14H26NdO2. The standard InChI is InChI=1S/C14H26O2.Nd/c1-2-3-4-5-6-7-8-9-10-11-12-13-14(15)16;/h12-13H,2-11H2,1H3,(H,15,16);. The van der Waals surface area contributed by atoms with Crippen LogP contribution in [0.2, 0.25) is 0 Å². The maximum atomic E-state index is 10.2. The molecule has 0 aliphatic carbocycles. The maximum Gasteiger partial charge on any atom is 0.327 e. The Kier molecular flexibility index (Phi) is 19.4. The number of carboxylic acids is 1. The fourth-order valence-corrected chi connectivity index (χ4v) is 1.76. The van der Waals surface area contributed by atoms with E-state index >= 15 is 0 Å². The van der Waals surface area contributed by atoms with Gasteiger partial charge in [-0.05, 0) is 12.8 Å². The molecule has 0 radical (unpaired) electrons. The third-order valence-electron chi connectivity index (χ3n) is 2.73. The van der Waals surface area contributed by atoms with E-state index in [2.05, 4.69) is 6.92 Å². The zero-order chi connectivity index (χ0) is 12.1. The summed E-state index contributed by atoms with van der Waals surface area (Å²) >= 11 is 0. The quantitative estimate of drug-likeness (QED) is 0.428. The fraction of sp³-hybridized carbons (Fsp3) is 0.786. The number of rotatable bonds is 11. The molecule has 0 bridgehead atoms. The molecule has 17 heavy (non-hydrogen) atoms. The summed E-state index contributed by atoms with van der Waals surface area (Å²) in [6.45, 7) is 2.24. The van der Waals surface area contributed by atoms with Gasteiger partial charge in [-0.15, -0.1) is 0 Å². The second-order valence-corrected chi connectivity index (χ2v) is 4.36. The molecule has 0 amide bonds. The number of carbonyl (C=O) groups is 1. The van der Waals surface area contributed by atoms with Crippen molar-refractivity contribution >= 4 is 5.97 Å². The summed E-state index contributed by atoms with van der Waals surface area (Å²) in [4.78, 5) is 10.2. The third kappa shape index (κ3) is 19.1. The number of unbranched alkanes of at least 4 members (excludes halogenated alkanes) is 9. The minimum atomic E-state index is -0.837. The van der Waals surface area contributed by atoms with E-state index in [1.165, 1.54) is 57.4 Å². The van der Waals surface area contributed by atoms with E-state index in [0.717, 1.165) is 12.8 Å². The molecule has 0 saturated carbocycles. The van der Waals surface area contributed by atoms with Gasteiger partial charge in [0.15, 0.2) is 0 Å².